The Hall–Kier alpha value is -2.87. The monoisotopic (exact) mass is 301 g/mol. The minimum atomic E-state index is 0.00649. The van der Waals surface area contributed by atoms with E-state index < -0.39 is 0 Å². The van der Waals surface area contributed by atoms with Gasteiger partial charge in [-0.05, 0) is 41.8 Å². The van der Waals surface area contributed by atoms with Crippen LogP contribution in [0.3, 0.4) is 0 Å². The Morgan fingerprint density at radius 2 is 1.17 bits per heavy atom. The molecule has 114 valence electrons. The van der Waals surface area contributed by atoms with Crippen LogP contribution in [0.25, 0.3) is 0 Å². The highest BCUT2D eigenvalue weighted by Gasteiger charge is 2.13. The van der Waals surface area contributed by atoms with Gasteiger partial charge in [0.05, 0.1) is 0 Å². The number of hydrogen-bond acceptors (Lipinski definition) is 1. The molecule has 0 saturated carbocycles. The normalized spacial score (nSPS) is 10.3. The number of rotatable bonds is 4. The summed E-state index contributed by atoms with van der Waals surface area (Å²) in [5.41, 5.74) is 4.29. The van der Waals surface area contributed by atoms with Crippen LogP contribution in [0, 0.1) is 0 Å². The molecule has 0 atom stereocenters. The molecule has 0 unspecified atom stereocenters. The molecule has 0 heterocycles. The summed E-state index contributed by atoms with van der Waals surface area (Å²) in [7, 11) is 0. The van der Waals surface area contributed by atoms with Crippen LogP contribution in [0.1, 0.15) is 18.1 Å². The molecule has 0 aliphatic carbocycles. The highest BCUT2D eigenvalue weighted by molar-refractivity contribution is 5.98. The van der Waals surface area contributed by atoms with Gasteiger partial charge in [0.15, 0.2) is 0 Å². The average Bonchev–Trinajstić information content (AvgIpc) is 2.58. The summed E-state index contributed by atoms with van der Waals surface area (Å²) in [4.78, 5) is 13.8. The lowest BCUT2D eigenvalue weighted by Gasteiger charge is -2.21. The first-order valence-electron chi connectivity index (χ1n) is 7.72. The van der Waals surface area contributed by atoms with Crippen LogP contribution >= 0.6 is 0 Å². The molecule has 0 radical (unpaired) electrons. The number of benzene rings is 3. The molecule has 0 spiro atoms. The van der Waals surface area contributed by atoms with Crippen LogP contribution < -0.4 is 4.90 Å². The summed E-state index contributed by atoms with van der Waals surface area (Å²) in [5, 5.41) is 0. The molecule has 0 bridgehead atoms. The van der Waals surface area contributed by atoms with Crippen molar-refractivity contribution in [3.63, 3.8) is 0 Å². The number of hydrogen-bond donors (Lipinski definition) is 0. The Bertz CT molecular complexity index is 764. The van der Waals surface area contributed by atoms with E-state index in [1.807, 2.05) is 48.5 Å². The molecule has 3 rings (SSSR count). The number of amides is 1. The maximum atomic E-state index is 12.0. The predicted molar refractivity (Wildman–Crippen MR) is 95.0 cm³/mol. The fraction of sp³-hybridized carbons (Fsp3) is 0.0952. The lowest BCUT2D eigenvalue weighted by atomic mass is 10.0. The molecule has 1 amide bonds. The molecular weight excluding hydrogens is 282 g/mol. The van der Waals surface area contributed by atoms with E-state index in [0.717, 1.165) is 17.8 Å². The Kier molecular flexibility index (Phi) is 4.53. The van der Waals surface area contributed by atoms with E-state index in [0.29, 0.717) is 0 Å². The largest absolute Gasteiger partial charge is 0.281 e. The topological polar surface area (TPSA) is 20.3 Å². The van der Waals surface area contributed by atoms with Crippen molar-refractivity contribution in [1.82, 2.24) is 0 Å². The Morgan fingerprint density at radius 1 is 0.696 bits per heavy atom. The van der Waals surface area contributed by atoms with Crippen LogP contribution in [0.2, 0.25) is 0 Å². The molecule has 3 aromatic rings. The van der Waals surface area contributed by atoms with E-state index in [4.69, 9.17) is 0 Å². The Labute approximate surface area is 137 Å². The standard InChI is InChI=1S/C21H19NO/c1-17(23)22(20-10-6-3-7-11-20)21-14-12-19(13-15-21)16-18-8-4-2-5-9-18/h2-15H,16H2,1H3. The van der Waals surface area contributed by atoms with Gasteiger partial charge in [0.2, 0.25) is 5.91 Å². The van der Waals surface area contributed by atoms with Gasteiger partial charge in [-0.25, -0.2) is 0 Å². The van der Waals surface area contributed by atoms with Crippen molar-refractivity contribution in [2.75, 3.05) is 4.90 Å². The van der Waals surface area contributed by atoms with E-state index >= 15 is 0 Å². The van der Waals surface area contributed by atoms with Gasteiger partial charge in [0.1, 0.15) is 0 Å². The van der Waals surface area contributed by atoms with Crippen molar-refractivity contribution in [3.05, 3.63) is 96.1 Å². The van der Waals surface area contributed by atoms with Gasteiger partial charge >= 0.3 is 0 Å². The van der Waals surface area contributed by atoms with Crippen LogP contribution in [-0.2, 0) is 11.2 Å². The number of anilines is 2. The first-order chi connectivity index (χ1) is 11.2. The van der Waals surface area contributed by atoms with Gasteiger partial charge in [-0.1, -0.05) is 60.7 Å². The van der Waals surface area contributed by atoms with E-state index in [1.165, 1.54) is 11.1 Å². The minimum Gasteiger partial charge on any atom is -0.281 e. The van der Waals surface area contributed by atoms with Gasteiger partial charge in [0, 0.05) is 18.3 Å². The second kappa shape index (κ2) is 6.93. The van der Waals surface area contributed by atoms with Crippen molar-refractivity contribution in [2.45, 2.75) is 13.3 Å². The summed E-state index contributed by atoms with van der Waals surface area (Å²) in [5.74, 6) is 0.00649. The zero-order chi connectivity index (χ0) is 16.1. The van der Waals surface area contributed by atoms with Crippen molar-refractivity contribution >= 4 is 17.3 Å². The number of para-hydroxylation sites is 1. The van der Waals surface area contributed by atoms with Crippen LogP contribution in [-0.4, -0.2) is 5.91 Å². The molecule has 2 nitrogen and oxygen atoms in total. The van der Waals surface area contributed by atoms with Gasteiger partial charge in [-0.15, -0.1) is 0 Å². The van der Waals surface area contributed by atoms with Crippen molar-refractivity contribution in [2.24, 2.45) is 0 Å². The number of nitrogens with zero attached hydrogens (tertiary/aromatic N) is 1. The highest BCUT2D eigenvalue weighted by atomic mass is 16.2. The third-order valence-electron chi connectivity index (χ3n) is 3.77. The summed E-state index contributed by atoms with van der Waals surface area (Å²) >= 11 is 0. The van der Waals surface area contributed by atoms with Crippen LogP contribution in [0.4, 0.5) is 11.4 Å². The smallest absolute Gasteiger partial charge is 0.228 e. The molecule has 0 aliphatic rings. The Morgan fingerprint density at radius 3 is 1.74 bits per heavy atom. The zero-order valence-corrected chi connectivity index (χ0v) is 13.1. The SMILES string of the molecule is CC(=O)N(c1ccccc1)c1ccc(Cc2ccccc2)cc1. The fourth-order valence-electron chi connectivity index (χ4n) is 2.68. The third-order valence-corrected chi connectivity index (χ3v) is 3.77. The van der Waals surface area contributed by atoms with E-state index in [-0.39, 0.29) is 5.91 Å². The molecule has 0 N–H and O–H groups in total. The van der Waals surface area contributed by atoms with E-state index in [2.05, 4.69) is 36.4 Å². The predicted octanol–water partition coefficient (Wildman–Crippen LogP) is 4.96. The van der Waals surface area contributed by atoms with Gasteiger partial charge < -0.3 is 0 Å². The minimum absolute atomic E-state index is 0.00649. The third kappa shape index (κ3) is 3.67. The second-order valence-electron chi connectivity index (χ2n) is 5.52. The van der Waals surface area contributed by atoms with Gasteiger partial charge in [0.25, 0.3) is 0 Å². The van der Waals surface area contributed by atoms with Crippen molar-refractivity contribution in [1.29, 1.82) is 0 Å². The summed E-state index contributed by atoms with van der Waals surface area (Å²) in [6, 6.07) is 28.3. The summed E-state index contributed by atoms with van der Waals surface area (Å²) in [6.07, 6.45) is 0.895. The first-order valence-corrected chi connectivity index (χ1v) is 7.72. The van der Waals surface area contributed by atoms with E-state index in [1.54, 1.807) is 11.8 Å². The van der Waals surface area contributed by atoms with Crippen molar-refractivity contribution < 1.29 is 4.79 Å². The second-order valence-corrected chi connectivity index (χ2v) is 5.52. The zero-order valence-electron chi connectivity index (χ0n) is 13.1. The van der Waals surface area contributed by atoms with E-state index in [9.17, 15) is 4.79 Å². The molecule has 0 saturated heterocycles. The summed E-state index contributed by atoms with van der Waals surface area (Å²) in [6.45, 7) is 1.59. The lowest BCUT2D eigenvalue weighted by molar-refractivity contribution is -0.115. The average molecular weight is 301 g/mol. The quantitative estimate of drug-likeness (QED) is 0.667. The first kappa shape index (κ1) is 15.0. The van der Waals surface area contributed by atoms with Gasteiger partial charge in [-0.2, -0.15) is 0 Å². The highest BCUT2D eigenvalue weighted by Crippen LogP contribution is 2.26. The fourth-order valence-corrected chi connectivity index (χ4v) is 2.68. The maximum absolute atomic E-state index is 12.0. The van der Waals surface area contributed by atoms with Crippen LogP contribution in [0.5, 0.6) is 0 Å². The lowest BCUT2D eigenvalue weighted by Crippen LogP contribution is -2.22. The molecule has 23 heavy (non-hydrogen) atoms. The number of carbonyl (C=O) groups is 1. The van der Waals surface area contributed by atoms with Crippen molar-refractivity contribution in [3.8, 4) is 0 Å². The van der Waals surface area contributed by atoms with Gasteiger partial charge in [-0.3, -0.25) is 9.69 Å². The molecule has 0 fully saturated rings. The maximum Gasteiger partial charge on any atom is 0.228 e. The Balaban J connectivity index is 1.84. The molecule has 0 aromatic heterocycles. The molecule has 2 heteroatoms. The summed E-state index contributed by atoms with van der Waals surface area (Å²) < 4.78 is 0. The molecule has 0 aliphatic heterocycles. The van der Waals surface area contributed by atoms with Crippen LogP contribution in [0.15, 0.2) is 84.9 Å². The molecule has 3 aromatic carbocycles. The number of carbonyl (C=O) groups excluding carboxylic acids is 1. The molecular formula is C21H19NO.